The topological polar surface area (TPSA) is 29.5 Å². The Kier molecular flexibility index (Phi) is 5.14. The van der Waals surface area contributed by atoms with Crippen LogP contribution in [0.5, 0.6) is 5.75 Å². The molecule has 1 N–H and O–H groups in total. The maximum Gasteiger partial charge on any atom is 0.391 e. The SMILES string of the molecule is CCOc1cccc(C(O)C2CCCC(C(F)(F)F)C2)c1. The van der Waals surface area contributed by atoms with Crippen LogP contribution < -0.4 is 4.74 Å². The molecule has 0 saturated heterocycles. The molecule has 3 atom stereocenters. The summed E-state index contributed by atoms with van der Waals surface area (Å²) in [5.41, 5.74) is 0.633. The molecule has 1 aromatic carbocycles. The number of hydrogen-bond acceptors (Lipinski definition) is 2. The summed E-state index contributed by atoms with van der Waals surface area (Å²) in [5.74, 6) is -1.000. The predicted molar refractivity (Wildman–Crippen MR) is 74.1 cm³/mol. The lowest BCUT2D eigenvalue weighted by atomic mass is 9.77. The summed E-state index contributed by atoms with van der Waals surface area (Å²) in [4.78, 5) is 0. The van der Waals surface area contributed by atoms with E-state index in [-0.39, 0.29) is 18.8 Å². The van der Waals surface area contributed by atoms with E-state index in [0.717, 1.165) is 0 Å². The summed E-state index contributed by atoms with van der Waals surface area (Å²) >= 11 is 0. The van der Waals surface area contributed by atoms with E-state index in [1.165, 1.54) is 0 Å². The maximum atomic E-state index is 12.8. The van der Waals surface area contributed by atoms with E-state index in [2.05, 4.69) is 0 Å². The van der Waals surface area contributed by atoms with Gasteiger partial charge in [-0.15, -0.1) is 0 Å². The van der Waals surface area contributed by atoms with Gasteiger partial charge in [0.05, 0.1) is 18.6 Å². The number of alkyl halides is 3. The fraction of sp³-hybridized carbons (Fsp3) is 0.625. The van der Waals surface area contributed by atoms with Crippen molar-refractivity contribution in [2.24, 2.45) is 11.8 Å². The Morgan fingerprint density at radius 2 is 2.10 bits per heavy atom. The van der Waals surface area contributed by atoms with Crippen molar-refractivity contribution in [3.63, 3.8) is 0 Å². The van der Waals surface area contributed by atoms with Crippen LogP contribution in [0.25, 0.3) is 0 Å². The highest BCUT2D eigenvalue weighted by atomic mass is 19.4. The van der Waals surface area contributed by atoms with Gasteiger partial charge in [0.15, 0.2) is 0 Å². The lowest BCUT2D eigenvalue weighted by Gasteiger charge is -2.33. The molecule has 3 unspecified atom stereocenters. The second-order valence-corrected chi connectivity index (χ2v) is 5.62. The van der Waals surface area contributed by atoms with Crippen molar-refractivity contribution in [1.82, 2.24) is 0 Å². The Morgan fingerprint density at radius 1 is 1.33 bits per heavy atom. The summed E-state index contributed by atoms with van der Waals surface area (Å²) in [6.07, 6.45) is -3.71. The molecule has 5 heteroatoms. The molecule has 1 aromatic rings. The smallest absolute Gasteiger partial charge is 0.391 e. The van der Waals surface area contributed by atoms with Crippen LogP contribution in [0.3, 0.4) is 0 Å². The van der Waals surface area contributed by atoms with Gasteiger partial charge in [0, 0.05) is 0 Å². The van der Waals surface area contributed by atoms with E-state index in [0.29, 0.717) is 30.8 Å². The van der Waals surface area contributed by atoms with Gasteiger partial charge in [-0.2, -0.15) is 13.2 Å². The third-order valence-electron chi connectivity index (χ3n) is 4.13. The number of ether oxygens (including phenoxy) is 1. The van der Waals surface area contributed by atoms with Gasteiger partial charge < -0.3 is 9.84 Å². The van der Waals surface area contributed by atoms with Gasteiger partial charge in [-0.3, -0.25) is 0 Å². The lowest BCUT2D eigenvalue weighted by Crippen LogP contribution is -2.31. The first-order valence-corrected chi connectivity index (χ1v) is 7.39. The molecule has 0 spiro atoms. The predicted octanol–water partition coefficient (Wildman–Crippen LogP) is 4.49. The summed E-state index contributed by atoms with van der Waals surface area (Å²) in [6.45, 7) is 2.37. The molecule has 1 aliphatic carbocycles. The van der Waals surface area contributed by atoms with Crippen LogP contribution in [-0.4, -0.2) is 17.9 Å². The van der Waals surface area contributed by atoms with Crippen LogP contribution in [0.4, 0.5) is 13.2 Å². The molecule has 0 amide bonds. The van der Waals surface area contributed by atoms with E-state index in [9.17, 15) is 18.3 Å². The fourth-order valence-electron chi connectivity index (χ4n) is 3.04. The van der Waals surface area contributed by atoms with Crippen LogP contribution in [0, 0.1) is 11.8 Å². The number of rotatable bonds is 4. The van der Waals surface area contributed by atoms with Gasteiger partial charge >= 0.3 is 6.18 Å². The third kappa shape index (κ3) is 4.13. The molecule has 0 radical (unpaired) electrons. The zero-order valence-electron chi connectivity index (χ0n) is 12.1. The summed E-state index contributed by atoms with van der Waals surface area (Å²) < 4.78 is 43.9. The van der Waals surface area contributed by atoms with E-state index in [1.807, 2.05) is 6.92 Å². The molecule has 0 heterocycles. The van der Waals surface area contributed by atoms with Crippen LogP contribution >= 0.6 is 0 Å². The first kappa shape index (κ1) is 16.1. The van der Waals surface area contributed by atoms with Crippen LogP contribution in [0.15, 0.2) is 24.3 Å². The average Bonchev–Trinajstić information content (AvgIpc) is 2.46. The Bertz CT molecular complexity index is 459. The van der Waals surface area contributed by atoms with Crippen molar-refractivity contribution in [1.29, 1.82) is 0 Å². The molecule has 1 aliphatic rings. The van der Waals surface area contributed by atoms with Crippen molar-refractivity contribution in [2.75, 3.05) is 6.61 Å². The molecule has 0 aliphatic heterocycles. The molecule has 2 rings (SSSR count). The Labute approximate surface area is 122 Å². The molecule has 118 valence electrons. The van der Waals surface area contributed by atoms with E-state index in [4.69, 9.17) is 4.74 Å². The van der Waals surface area contributed by atoms with Gasteiger partial charge in [0.2, 0.25) is 0 Å². The van der Waals surface area contributed by atoms with Crippen molar-refractivity contribution >= 4 is 0 Å². The first-order chi connectivity index (χ1) is 9.91. The molecule has 1 saturated carbocycles. The zero-order chi connectivity index (χ0) is 15.5. The van der Waals surface area contributed by atoms with Crippen molar-refractivity contribution in [2.45, 2.75) is 44.9 Å². The van der Waals surface area contributed by atoms with Gasteiger partial charge in [-0.05, 0) is 49.8 Å². The maximum absolute atomic E-state index is 12.8. The molecule has 1 fully saturated rings. The molecule has 2 nitrogen and oxygen atoms in total. The first-order valence-electron chi connectivity index (χ1n) is 7.39. The Hall–Kier alpha value is -1.23. The average molecular weight is 302 g/mol. The zero-order valence-corrected chi connectivity index (χ0v) is 12.1. The lowest BCUT2D eigenvalue weighted by molar-refractivity contribution is -0.189. The normalized spacial score (nSPS) is 24.6. The largest absolute Gasteiger partial charge is 0.494 e. The minimum absolute atomic E-state index is 0.00350. The van der Waals surface area contributed by atoms with Crippen molar-refractivity contribution in [3.05, 3.63) is 29.8 Å². The molecule has 0 bridgehead atoms. The Morgan fingerprint density at radius 3 is 2.76 bits per heavy atom. The highest BCUT2D eigenvalue weighted by Gasteiger charge is 2.43. The third-order valence-corrected chi connectivity index (χ3v) is 4.13. The van der Waals surface area contributed by atoms with Crippen molar-refractivity contribution in [3.8, 4) is 5.75 Å². The van der Waals surface area contributed by atoms with Gasteiger partial charge in [-0.25, -0.2) is 0 Å². The van der Waals surface area contributed by atoms with Gasteiger partial charge in [-0.1, -0.05) is 18.6 Å². The van der Waals surface area contributed by atoms with Crippen LogP contribution in [0.2, 0.25) is 0 Å². The van der Waals surface area contributed by atoms with Gasteiger partial charge in [0.1, 0.15) is 5.75 Å². The number of aliphatic hydroxyl groups is 1. The molecular formula is C16H21F3O2. The summed E-state index contributed by atoms with van der Waals surface area (Å²) in [5, 5.41) is 10.4. The highest BCUT2D eigenvalue weighted by Crippen LogP contribution is 2.44. The second kappa shape index (κ2) is 6.69. The second-order valence-electron chi connectivity index (χ2n) is 5.62. The standard InChI is InChI=1S/C16H21F3O2/c1-2-21-14-8-4-6-12(10-14)15(20)11-5-3-7-13(9-11)16(17,18)19/h4,6,8,10-11,13,15,20H,2-3,5,7,9H2,1H3. The summed E-state index contributed by atoms with van der Waals surface area (Å²) in [6, 6.07) is 6.99. The van der Waals surface area contributed by atoms with E-state index < -0.39 is 18.2 Å². The molecule has 0 aromatic heterocycles. The van der Waals surface area contributed by atoms with Gasteiger partial charge in [0.25, 0.3) is 0 Å². The Balaban J connectivity index is 2.08. The summed E-state index contributed by atoms with van der Waals surface area (Å²) in [7, 11) is 0. The number of benzene rings is 1. The number of halogens is 3. The quantitative estimate of drug-likeness (QED) is 0.888. The monoisotopic (exact) mass is 302 g/mol. The highest BCUT2D eigenvalue weighted by molar-refractivity contribution is 5.30. The fourth-order valence-corrected chi connectivity index (χ4v) is 3.04. The molecular weight excluding hydrogens is 281 g/mol. The van der Waals surface area contributed by atoms with E-state index in [1.54, 1.807) is 24.3 Å². The molecule has 21 heavy (non-hydrogen) atoms. The number of aliphatic hydroxyl groups excluding tert-OH is 1. The number of hydrogen-bond donors (Lipinski definition) is 1. The van der Waals surface area contributed by atoms with Crippen LogP contribution in [0.1, 0.15) is 44.3 Å². The minimum atomic E-state index is -4.16. The van der Waals surface area contributed by atoms with Crippen molar-refractivity contribution < 1.29 is 23.0 Å². The van der Waals surface area contributed by atoms with Crippen LogP contribution in [-0.2, 0) is 0 Å². The van der Waals surface area contributed by atoms with E-state index >= 15 is 0 Å². The minimum Gasteiger partial charge on any atom is -0.494 e.